The molecule has 3 rings (SSSR count). The highest BCUT2D eigenvalue weighted by Crippen LogP contribution is 2.31. The number of benzene rings is 1. The normalized spacial score (nSPS) is 27.2. The molecule has 98 valence electrons. The molecule has 3 nitrogen and oxygen atoms in total. The Bertz CT molecular complexity index is 438. The van der Waals surface area contributed by atoms with E-state index < -0.39 is 0 Å². The van der Waals surface area contributed by atoms with Gasteiger partial charge in [-0.25, -0.2) is 4.39 Å². The van der Waals surface area contributed by atoms with E-state index >= 15 is 0 Å². The summed E-state index contributed by atoms with van der Waals surface area (Å²) in [5.74, 6) is 0.493. The fraction of sp³-hybridized carbons (Fsp3) is 0.571. The maximum Gasteiger partial charge on any atom is 0.146 e. The number of halogens is 1. The summed E-state index contributed by atoms with van der Waals surface area (Å²) in [5.41, 5.74) is 0.563. The Kier molecular flexibility index (Phi) is 3.12. The van der Waals surface area contributed by atoms with Gasteiger partial charge in [-0.2, -0.15) is 0 Å². The van der Waals surface area contributed by atoms with Crippen LogP contribution in [0.4, 0.5) is 10.1 Å². The van der Waals surface area contributed by atoms with Gasteiger partial charge in [-0.05, 0) is 37.9 Å². The van der Waals surface area contributed by atoms with Gasteiger partial charge >= 0.3 is 0 Å². The lowest BCUT2D eigenvalue weighted by Gasteiger charge is -2.22. The maximum atomic E-state index is 13.8. The molecule has 4 heteroatoms. The topological polar surface area (TPSA) is 24.5 Å². The third-order valence-electron chi connectivity index (χ3n) is 4.12. The van der Waals surface area contributed by atoms with Gasteiger partial charge in [0.2, 0.25) is 0 Å². The number of fused-ring (bicyclic) bond motifs is 1. The maximum absolute atomic E-state index is 13.8. The van der Waals surface area contributed by atoms with Gasteiger partial charge in [-0.15, -0.1) is 0 Å². The SMILES string of the molecule is COc1ccc(F)c(NC2CCN3CCCC23)c1. The molecule has 0 aliphatic carbocycles. The second kappa shape index (κ2) is 4.76. The van der Waals surface area contributed by atoms with Crippen molar-refractivity contribution in [3.63, 3.8) is 0 Å². The first-order chi connectivity index (χ1) is 8.78. The zero-order chi connectivity index (χ0) is 12.5. The number of nitrogens with zero attached hydrogens (tertiary/aromatic N) is 1. The van der Waals surface area contributed by atoms with Crippen molar-refractivity contribution in [3.05, 3.63) is 24.0 Å². The fourth-order valence-electron chi connectivity index (χ4n) is 3.19. The number of ether oxygens (including phenoxy) is 1. The van der Waals surface area contributed by atoms with Crippen molar-refractivity contribution in [1.29, 1.82) is 0 Å². The summed E-state index contributed by atoms with van der Waals surface area (Å²) >= 11 is 0. The van der Waals surface area contributed by atoms with E-state index in [2.05, 4.69) is 10.2 Å². The molecular formula is C14H19FN2O. The molecular weight excluding hydrogens is 231 g/mol. The van der Waals surface area contributed by atoms with Crippen LogP contribution in [0.25, 0.3) is 0 Å². The Labute approximate surface area is 107 Å². The van der Waals surface area contributed by atoms with Gasteiger partial charge in [0.1, 0.15) is 11.6 Å². The molecule has 2 saturated heterocycles. The number of rotatable bonds is 3. The van der Waals surface area contributed by atoms with Gasteiger partial charge in [0.25, 0.3) is 0 Å². The number of methoxy groups -OCH3 is 1. The Morgan fingerprint density at radius 1 is 1.33 bits per heavy atom. The molecule has 1 aromatic rings. The van der Waals surface area contributed by atoms with E-state index in [1.807, 2.05) is 0 Å². The molecule has 0 aromatic heterocycles. The first kappa shape index (κ1) is 11.8. The highest BCUT2D eigenvalue weighted by atomic mass is 19.1. The van der Waals surface area contributed by atoms with Crippen LogP contribution in [0.2, 0.25) is 0 Å². The van der Waals surface area contributed by atoms with Gasteiger partial charge < -0.3 is 10.1 Å². The van der Waals surface area contributed by atoms with Crippen LogP contribution in [0, 0.1) is 5.82 Å². The van der Waals surface area contributed by atoms with Crippen LogP contribution in [0.15, 0.2) is 18.2 Å². The standard InChI is InChI=1S/C14H19FN2O/c1-18-10-4-5-11(15)13(9-10)16-12-6-8-17-7-2-3-14(12)17/h4-5,9,12,14,16H,2-3,6-8H2,1H3. The second-order valence-corrected chi connectivity index (χ2v) is 5.13. The van der Waals surface area contributed by atoms with E-state index in [0.29, 0.717) is 23.5 Å². The van der Waals surface area contributed by atoms with Gasteiger partial charge in [0.05, 0.1) is 12.8 Å². The largest absolute Gasteiger partial charge is 0.497 e. The van der Waals surface area contributed by atoms with E-state index in [1.54, 1.807) is 19.2 Å². The smallest absolute Gasteiger partial charge is 0.146 e. The van der Waals surface area contributed by atoms with Gasteiger partial charge in [-0.1, -0.05) is 0 Å². The van der Waals surface area contributed by atoms with Crippen LogP contribution < -0.4 is 10.1 Å². The first-order valence-electron chi connectivity index (χ1n) is 6.62. The molecule has 0 amide bonds. The van der Waals surface area contributed by atoms with Gasteiger partial charge in [-0.3, -0.25) is 4.90 Å². The van der Waals surface area contributed by atoms with Crippen molar-refractivity contribution < 1.29 is 9.13 Å². The minimum atomic E-state index is -0.202. The van der Waals surface area contributed by atoms with Crippen LogP contribution in [-0.4, -0.2) is 37.2 Å². The van der Waals surface area contributed by atoms with Crippen molar-refractivity contribution in [2.24, 2.45) is 0 Å². The number of anilines is 1. The summed E-state index contributed by atoms with van der Waals surface area (Å²) < 4.78 is 18.9. The molecule has 2 atom stereocenters. The zero-order valence-electron chi connectivity index (χ0n) is 10.7. The number of hydrogen-bond acceptors (Lipinski definition) is 3. The molecule has 1 N–H and O–H groups in total. The van der Waals surface area contributed by atoms with Crippen molar-refractivity contribution in [2.75, 3.05) is 25.5 Å². The summed E-state index contributed by atoms with van der Waals surface area (Å²) in [5, 5.41) is 3.36. The van der Waals surface area contributed by atoms with Gasteiger partial charge in [0, 0.05) is 24.7 Å². The first-order valence-corrected chi connectivity index (χ1v) is 6.62. The van der Waals surface area contributed by atoms with Crippen LogP contribution >= 0.6 is 0 Å². The van der Waals surface area contributed by atoms with E-state index in [1.165, 1.54) is 25.5 Å². The molecule has 0 saturated carbocycles. The molecule has 0 bridgehead atoms. The minimum absolute atomic E-state index is 0.202. The molecule has 1 aromatic carbocycles. The number of nitrogens with one attached hydrogen (secondary N) is 1. The lowest BCUT2D eigenvalue weighted by molar-refractivity contribution is 0.318. The van der Waals surface area contributed by atoms with Crippen LogP contribution in [0.5, 0.6) is 5.75 Å². The highest BCUT2D eigenvalue weighted by Gasteiger charge is 2.37. The Morgan fingerprint density at radius 2 is 2.22 bits per heavy atom. The Balaban J connectivity index is 1.76. The predicted octanol–water partition coefficient (Wildman–Crippen LogP) is 2.48. The van der Waals surface area contributed by atoms with Crippen LogP contribution in [0.3, 0.4) is 0 Å². The molecule has 2 fully saturated rings. The van der Waals surface area contributed by atoms with Crippen molar-refractivity contribution in [3.8, 4) is 5.75 Å². The minimum Gasteiger partial charge on any atom is -0.497 e. The molecule has 2 unspecified atom stereocenters. The molecule has 2 aliphatic rings. The average Bonchev–Trinajstić information content (AvgIpc) is 2.96. The van der Waals surface area contributed by atoms with Crippen molar-refractivity contribution >= 4 is 5.69 Å². The summed E-state index contributed by atoms with van der Waals surface area (Å²) in [6.07, 6.45) is 3.59. The Morgan fingerprint density at radius 3 is 3.06 bits per heavy atom. The van der Waals surface area contributed by atoms with Crippen molar-refractivity contribution in [2.45, 2.75) is 31.3 Å². The molecule has 0 spiro atoms. The van der Waals surface area contributed by atoms with Crippen LogP contribution in [-0.2, 0) is 0 Å². The zero-order valence-corrected chi connectivity index (χ0v) is 10.7. The fourth-order valence-corrected chi connectivity index (χ4v) is 3.19. The summed E-state index contributed by atoms with van der Waals surface area (Å²) in [6, 6.07) is 5.80. The lowest BCUT2D eigenvalue weighted by atomic mass is 10.1. The summed E-state index contributed by atoms with van der Waals surface area (Å²) in [7, 11) is 1.60. The molecule has 2 aliphatic heterocycles. The van der Waals surface area contributed by atoms with Gasteiger partial charge in [0.15, 0.2) is 0 Å². The van der Waals surface area contributed by atoms with E-state index in [-0.39, 0.29) is 5.82 Å². The quantitative estimate of drug-likeness (QED) is 0.892. The third-order valence-corrected chi connectivity index (χ3v) is 4.12. The Hall–Kier alpha value is -1.29. The molecule has 0 radical (unpaired) electrons. The monoisotopic (exact) mass is 250 g/mol. The second-order valence-electron chi connectivity index (χ2n) is 5.13. The number of hydrogen-bond donors (Lipinski definition) is 1. The van der Waals surface area contributed by atoms with E-state index in [9.17, 15) is 4.39 Å². The van der Waals surface area contributed by atoms with E-state index in [0.717, 1.165) is 13.0 Å². The summed E-state index contributed by atoms with van der Waals surface area (Å²) in [6.45, 7) is 2.33. The van der Waals surface area contributed by atoms with Crippen LogP contribution in [0.1, 0.15) is 19.3 Å². The summed E-state index contributed by atoms with van der Waals surface area (Å²) in [4.78, 5) is 2.51. The van der Waals surface area contributed by atoms with E-state index in [4.69, 9.17) is 4.74 Å². The molecule has 2 heterocycles. The third kappa shape index (κ3) is 2.05. The van der Waals surface area contributed by atoms with Crippen molar-refractivity contribution in [1.82, 2.24) is 4.90 Å². The molecule has 18 heavy (non-hydrogen) atoms. The lowest BCUT2D eigenvalue weighted by Crippen LogP contribution is -2.33. The predicted molar refractivity (Wildman–Crippen MR) is 69.6 cm³/mol. The highest BCUT2D eigenvalue weighted by molar-refractivity contribution is 5.50. The average molecular weight is 250 g/mol.